The van der Waals surface area contributed by atoms with Gasteiger partial charge in [0.25, 0.3) is 5.91 Å². The van der Waals surface area contributed by atoms with Gasteiger partial charge in [0.15, 0.2) is 11.5 Å². The lowest BCUT2D eigenvalue weighted by atomic mass is 9.86. The molecule has 0 unspecified atom stereocenters. The fraction of sp³-hybridized carbons (Fsp3) is 0.200. The van der Waals surface area contributed by atoms with Crippen molar-refractivity contribution in [2.24, 2.45) is 0 Å². The fourth-order valence-electron chi connectivity index (χ4n) is 4.79. The normalized spacial score (nSPS) is 13.0. The quantitative estimate of drug-likeness (QED) is 0.225. The molecule has 190 valence electrons. The molecule has 0 bridgehead atoms. The number of nitrogens with one attached hydrogen (secondary N) is 3. The summed E-state index contributed by atoms with van der Waals surface area (Å²) < 4.78 is 0. The first-order valence-electron chi connectivity index (χ1n) is 12.7. The summed E-state index contributed by atoms with van der Waals surface area (Å²) in [6.45, 7) is 2.69. The van der Waals surface area contributed by atoms with E-state index < -0.39 is 0 Å². The van der Waals surface area contributed by atoms with Gasteiger partial charge in [0.05, 0.1) is 6.33 Å². The van der Waals surface area contributed by atoms with Crippen molar-refractivity contribution in [3.63, 3.8) is 0 Å². The van der Waals surface area contributed by atoms with Crippen LogP contribution >= 0.6 is 11.6 Å². The van der Waals surface area contributed by atoms with Crippen LogP contribution in [0.4, 0.5) is 5.82 Å². The van der Waals surface area contributed by atoms with Crippen LogP contribution in [0.3, 0.4) is 0 Å². The third kappa shape index (κ3) is 4.85. The number of benzene rings is 3. The van der Waals surface area contributed by atoms with Gasteiger partial charge in [-0.3, -0.25) is 4.79 Å². The van der Waals surface area contributed by atoms with Gasteiger partial charge in [-0.2, -0.15) is 0 Å². The second-order valence-electron chi connectivity index (χ2n) is 9.58. The summed E-state index contributed by atoms with van der Waals surface area (Å²) in [7, 11) is 0. The zero-order chi connectivity index (χ0) is 26.1. The van der Waals surface area contributed by atoms with Gasteiger partial charge in [0.2, 0.25) is 0 Å². The zero-order valence-electron chi connectivity index (χ0n) is 21.0. The van der Waals surface area contributed by atoms with Gasteiger partial charge in [0, 0.05) is 23.2 Å². The molecule has 1 saturated carbocycles. The highest BCUT2D eigenvalue weighted by Gasteiger charge is 2.24. The smallest absolute Gasteiger partial charge is 0.251 e. The van der Waals surface area contributed by atoms with Crippen LogP contribution in [0.2, 0.25) is 5.02 Å². The first-order valence-corrected chi connectivity index (χ1v) is 13.1. The number of halogens is 1. The number of H-pyrrole nitrogens is 1. The Balaban J connectivity index is 1.36. The number of carbonyl (C=O) groups excluding carboxylic acids is 1. The van der Waals surface area contributed by atoms with Crippen molar-refractivity contribution in [1.82, 2.24) is 25.3 Å². The summed E-state index contributed by atoms with van der Waals surface area (Å²) in [6.07, 6.45) is 5.98. The molecule has 8 heteroatoms. The summed E-state index contributed by atoms with van der Waals surface area (Å²) in [5.74, 6) is 0.670. The molecule has 5 aromatic rings. The molecule has 6 rings (SSSR count). The second-order valence-corrected chi connectivity index (χ2v) is 9.99. The highest BCUT2D eigenvalue weighted by Crippen LogP contribution is 2.41. The molecule has 2 heterocycles. The lowest BCUT2D eigenvalue weighted by Crippen LogP contribution is -2.25. The Morgan fingerprint density at radius 3 is 2.53 bits per heavy atom. The van der Waals surface area contributed by atoms with Crippen molar-refractivity contribution in [2.75, 3.05) is 11.9 Å². The monoisotopic (exact) mass is 522 g/mol. The van der Waals surface area contributed by atoms with E-state index in [0.717, 1.165) is 52.6 Å². The van der Waals surface area contributed by atoms with E-state index in [-0.39, 0.29) is 5.91 Å². The Hall–Kier alpha value is -4.23. The zero-order valence-corrected chi connectivity index (χ0v) is 21.7. The van der Waals surface area contributed by atoms with Crippen LogP contribution in [0.15, 0.2) is 73.3 Å². The molecule has 38 heavy (non-hydrogen) atoms. The van der Waals surface area contributed by atoms with Crippen molar-refractivity contribution in [2.45, 2.75) is 32.2 Å². The predicted molar refractivity (Wildman–Crippen MR) is 151 cm³/mol. The standard InChI is InChI=1S/C30H27ClN6O/c1-18-24(31)15-22(13-14-32-28-27-29(34-16-33-27)36-17-35-28)26(19-5-3-2-4-6-19)25(18)20-7-9-21(10-8-20)30(38)37-23-11-12-23/h2-10,15-17,23H,11-14H2,1H3,(H,37,38)(H2,32,33,34,35,36). The van der Waals surface area contributed by atoms with Crippen LogP contribution in [0.25, 0.3) is 33.4 Å². The number of fused-ring (bicyclic) bond motifs is 1. The van der Waals surface area contributed by atoms with E-state index in [4.69, 9.17) is 11.6 Å². The number of hydrogen-bond acceptors (Lipinski definition) is 5. The number of aromatic amines is 1. The third-order valence-corrected chi connectivity index (χ3v) is 7.31. The van der Waals surface area contributed by atoms with Crippen LogP contribution < -0.4 is 10.6 Å². The third-order valence-electron chi connectivity index (χ3n) is 6.92. The summed E-state index contributed by atoms with van der Waals surface area (Å²) >= 11 is 6.81. The van der Waals surface area contributed by atoms with Crippen LogP contribution in [-0.2, 0) is 6.42 Å². The number of rotatable bonds is 8. The van der Waals surface area contributed by atoms with Gasteiger partial charge in [-0.05, 0) is 77.8 Å². The van der Waals surface area contributed by atoms with Crippen molar-refractivity contribution < 1.29 is 4.79 Å². The van der Waals surface area contributed by atoms with E-state index in [2.05, 4.69) is 55.7 Å². The second kappa shape index (κ2) is 10.3. The van der Waals surface area contributed by atoms with E-state index in [1.54, 1.807) is 6.33 Å². The van der Waals surface area contributed by atoms with Crippen molar-refractivity contribution in [1.29, 1.82) is 0 Å². The van der Waals surface area contributed by atoms with Crippen LogP contribution in [0, 0.1) is 6.92 Å². The van der Waals surface area contributed by atoms with E-state index in [1.807, 2.05) is 42.5 Å². The van der Waals surface area contributed by atoms with E-state index in [1.165, 1.54) is 6.33 Å². The van der Waals surface area contributed by atoms with Gasteiger partial charge in [-0.1, -0.05) is 54.1 Å². The number of anilines is 1. The number of carbonyl (C=O) groups is 1. The molecule has 3 N–H and O–H groups in total. The minimum Gasteiger partial charge on any atom is -0.368 e. The number of nitrogens with zero attached hydrogens (tertiary/aromatic N) is 3. The maximum Gasteiger partial charge on any atom is 0.251 e. The lowest BCUT2D eigenvalue weighted by molar-refractivity contribution is 0.0951. The Morgan fingerprint density at radius 2 is 1.76 bits per heavy atom. The number of amides is 1. The maximum absolute atomic E-state index is 12.6. The van der Waals surface area contributed by atoms with Gasteiger partial charge in [0.1, 0.15) is 11.8 Å². The van der Waals surface area contributed by atoms with E-state index in [9.17, 15) is 4.79 Å². The summed E-state index contributed by atoms with van der Waals surface area (Å²) in [5, 5.41) is 7.18. The molecule has 1 fully saturated rings. The summed E-state index contributed by atoms with van der Waals surface area (Å²) in [5.41, 5.74) is 8.55. The molecule has 0 saturated heterocycles. The predicted octanol–water partition coefficient (Wildman–Crippen LogP) is 6.20. The maximum atomic E-state index is 12.6. The Kier molecular flexibility index (Phi) is 6.52. The average molecular weight is 523 g/mol. The molecule has 1 amide bonds. The first-order chi connectivity index (χ1) is 18.6. The van der Waals surface area contributed by atoms with Crippen molar-refractivity contribution >= 4 is 34.5 Å². The van der Waals surface area contributed by atoms with Gasteiger partial charge < -0.3 is 15.6 Å². The highest BCUT2D eigenvalue weighted by molar-refractivity contribution is 6.32. The minimum atomic E-state index is -0.0207. The molecule has 0 aliphatic heterocycles. The minimum absolute atomic E-state index is 0.0207. The van der Waals surface area contributed by atoms with E-state index >= 15 is 0 Å². The average Bonchev–Trinajstić information content (AvgIpc) is 3.62. The van der Waals surface area contributed by atoms with Crippen molar-refractivity contribution in [3.8, 4) is 22.3 Å². The molecule has 2 aromatic heterocycles. The molecule has 1 aliphatic rings. The molecule has 7 nitrogen and oxygen atoms in total. The largest absolute Gasteiger partial charge is 0.368 e. The topological polar surface area (TPSA) is 95.6 Å². The molecular weight excluding hydrogens is 496 g/mol. The van der Waals surface area contributed by atoms with Crippen LogP contribution in [0.1, 0.15) is 34.3 Å². The van der Waals surface area contributed by atoms with Gasteiger partial charge in [-0.15, -0.1) is 0 Å². The Labute approximate surface area is 225 Å². The highest BCUT2D eigenvalue weighted by atomic mass is 35.5. The van der Waals surface area contributed by atoms with E-state index in [0.29, 0.717) is 40.2 Å². The molecule has 0 atom stereocenters. The van der Waals surface area contributed by atoms with Gasteiger partial charge >= 0.3 is 0 Å². The van der Waals surface area contributed by atoms with Crippen LogP contribution in [0.5, 0.6) is 0 Å². The Bertz CT molecular complexity index is 1610. The molecular formula is C30H27ClN6O. The fourth-order valence-corrected chi connectivity index (χ4v) is 5.01. The Morgan fingerprint density at radius 1 is 1.00 bits per heavy atom. The molecule has 1 aliphatic carbocycles. The molecule has 0 radical (unpaired) electrons. The van der Waals surface area contributed by atoms with Crippen molar-refractivity contribution in [3.05, 3.63) is 95.0 Å². The van der Waals surface area contributed by atoms with Gasteiger partial charge in [-0.25, -0.2) is 15.0 Å². The summed E-state index contributed by atoms with van der Waals surface area (Å²) in [6, 6.07) is 20.6. The SMILES string of the molecule is Cc1c(Cl)cc(CCNc2ncnc3[nH]cnc23)c(-c2ccccc2)c1-c1ccc(C(=O)NC2CC2)cc1. The lowest BCUT2D eigenvalue weighted by Gasteiger charge is -2.20. The number of imidazole rings is 1. The summed E-state index contributed by atoms with van der Waals surface area (Å²) in [4.78, 5) is 28.5. The number of hydrogen-bond donors (Lipinski definition) is 3. The first kappa shape index (κ1) is 24.1. The molecule has 0 spiro atoms. The molecule has 3 aromatic carbocycles. The van der Waals surface area contributed by atoms with Crippen LogP contribution in [-0.4, -0.2) is 38.4 Å². The number of aromatic nitrogens is 4.